The van der Waals surface area contributed by atoms with Crippen LogP contribution in [0.3, 0.4) is 0 Å². The molecular weight excluding hydrogens is 420 g/mol. The quantitative estimate of drug-likeness (QED) is 0.398. The maximum absolute atomic E-state index is 13.3. The van der Waals surface area contributed by atoms with E-state index in [4.69, 9.17) is 23.4 Å². The zero-order valence-corrected chi connectivity index (χ0v) is 18.6. The minimum atomic E-state index is -0.0932. The minimum Gasteiger partial charge on any atom is -0.497 e. The molecule has 6 heteroatoms. The molecule has 1 aromatic heterocycles. The van der Waals surface area contributed by atoms with E-state index in [1.54, 1.807) is 13.2 Å². The molecule has 0 amide bonds. The van der Waals surface area contributed by atoms with Crippen LogP contribution in [0.5, 0.6) is 23.0 Å². The summed E-state index contributed by atoms with van der Waals surface area (Å²) in [6.07, 6.45) is 2.22. The Balaban J connectivity index is 1.47. The Morgan fingerprint density at radius 2 is 1.73 bits per heavy atom. The summed E-state index contributed by atoms with van der Waals surface area (Å²) >= 11 is 0. The second-order valence-corrected chi connectivity index (χ2v) is 7.78. The maximum atomic E-state index is 13.3. The summed E-state index contributed by atoms with van der Waals surface area (Å²) in [6, 6.07) is 16.9. The van der Waals surface area contributed by atoms with E-state index in [9.17, 15) is 4.79 Å². The molecule has 0 fully saturated rings. The number of ether oxygens (including phenoxy) is 4. The van der Waals surface area contributed by atoms with Gasteiger partial charge in [-0.05, 0) is 53.4 Å². The van der Waals surface area contributed by atoms with Crippen molar-refractivity contribution in [1.29, 1.82) is 0 Å². The van der Waals surface area contributed by atoms with Crippen molar-refractivity contribution in [2.45, 2.75) is 20.0 Å². The van der Waals surface area contributed by atoms with Gasteiger partial charge in [-0.2, -0.15) is 0 Å². The molecule has 0 bridgehead atoms. The second kappa shape index (κ2) is 8.90. The van der Waals surface area contributed by atoms with Crippen molar-refractivity contribution in [2.24, 2.45) is 0 Å². The fourth-order valence-corrected chi connectivity index (χ4v) is 3.91. The topological polar surface area (TPSA) is 67.1 Å². The summed E-state index contributed by atoms with van der Waals surface area (Å²) in [5, 5.41) is 0.524. The Bertz CT molecular complexity index is 1350. The van der Waals surface area contributed by atoms with E-state index < -0.39 is 0 Å². The van der Waals surface area contributed by atoms with Gasteiger partial charge in [0, 0.05) is 6.07 Å². The maximum Gasteiger partial charge on any atom is 0.200 e. The molecule has 0 spiro atoms. The fourth-order valence-electron chi connectivity index (χ4n) is 3.91. The second-order valence-electron chi connectivity index (χ2n) is 7.78. The molecule has 6 nitrogen and oxygen atoms in total. The third kappa shape index (κ3) is 4.12. The van der Waals surface area contributed by atoms with E-state index in [0.717, 1.165) is 28.9 Å². The van der Waals surface area contributed by atoms with Crippen molar-refractivity contribution < 1.29 is 23.4 Å². The summed E-state index contributed by atoms with van der Waals surface area (Å²) in [5.41, 5.74) is 3.57. The Morgan fingerprint density at radius 1 is 0.939 bits per heavy atom. The highest BCUT2D eigenvalue weighted by atomic mass is 16.6. The number of benzene rings is 3. The van der Waals surface area contributed by atoms with Crippen molar-refractivity contribution in [1.82, 2.24) is 0 Å². The van der Waals surface area contributed by atoms with Crippen LogP contribution in [0.25, 0.3) is 22.1 Å². The Morgan fingerprint density at radius 3 is 2.48 bits per heavy atom. The molecule has 0 saturated carbocycles. The van der Waals surface area contributed by atoms with Gasteiger partial charge >= 0.3 is 0 Å². The molecule has 3 aromatic carbocycles. The van der Waals surface area contributed by atoms with Crippen LogP contribution in [-0.2, 0) is 13.0 Å². The van der Waals surface area contributed by atoms with Crippen molar-refractivity contribution in [3.05, 3.63) is 82.2 Å². The van der Waals surface area contributed by atoms with Crippen molar-refractivity contribution >= 4 is 11.0 Å². The highest BCUT2D eigenvalue weighted by Crippen LogP contribution is 2.34. The van der Waals surface area contributed by atoms with Crippen molar-refractivity contribution in [3.63, 3.8) is 0 Å². The lowest BCUT2D eigenvalue weighted by molar-refractivity contribution is 0.171. The third-order valence-corrected chi connectivity index (χ3v) is 5.74. The monoisotopic (exact) mass is 444 g/mol. The smallest absolute Gasteiger partial charge is 0.200 e. The molecule has 1 aliphatic heterocycles. The standard InChI is InChI=1S/C27H24O6/c1-3-18-12-21-25(14-24(18)32-15-17-4-7-20(29-2)8-5-17)33-16-22(27(21)28)19-6-9-23-26(13-19)31-11-10-30-23/h4-9,12-14,16H,3,10-11,15H2,1-2H3. The van der Waals surface area contributed by atoms with Gasteiger partial charge in [0.25, 0.3) is 0 Å². The average molecular weight is 444 g/mol. The van der Waals surface area contributed by atoms with Gasteiger partial charge in [-0.15, -0.1) is 0 Å². The van der Waals surface area contributed by atoms with Gasteiger partial charge in [0.1, 0.15) is 43.2 Å². The van der Waals surface area contributed by atoms with Gasteiger partial charge in [0.15, 0.2) is 11.5 Å². The summed E-state index contributed by atoms with van der Waals surface area (Å²) in [5.74, 6) is 2.82. The van der Waals surface area contributed by atoms with Gasteiger partial charge in [-0.1, -0.05) is 25.1 Å². The highest BCUT2D eigenvalue weighted by Gasteiger charge is 2.17. The molecule has 4 aromatic rings. The van der Waals surface area contributed by atoms with Crippen LogP contribution >= 0.6 is 0 Å². The molecule has 0 aliphatic carbocycles. The number of hydrogen-bond donors (Lipinski definition) is 0. The first-order valence-corrected chi connectivity index (χ1v) is 10.9. The first-order valence-electron chi connectivity index (χ1n) is 10.9. The summed E-state index contributed by atoms with van der Waals surface area (Å²) in [7, 11) is 1.64. The lowest BCUT2D eigenvalue weighted by atomic mass is 10.0. The number of aryl methyl sites for hydroxylation is 1. The molecule has 0 unspecified atom stereocenters. The Labute approximate surface area is 191 Å². The lowest BCUT2D eigenvalue weighted by Crippen LogP contribution is -2.15. The predicted molar refractivity (Wildman–Crippen MR) is 126 cm³/mol. The van der Waals surface area contributed by atoms with Gasteiger partial charge < -0.3 is 23.4 Å². The lowest BCUT2D eigenvalue weighted by Gasteiger charge is -2.18. The SMILES string of the molecule is CCc1cc2c(=O)c(-c3ccc4c(c3)OCCO4)coc2cc1OCc1ccc(OC)cc1. The number of rotatable bonds is 6. The van der Waals surface area contributed by atoms with E-state index in [-0.39, 0.29) is 5.43 Å². The normalized spacial score (nSPS) is 12.5. The van der Waals surface area contributed by atoms with E-state index >= 15 is 0 Å². The van der Waals surface area contributed by atoms with Crippen molar-refractivity contribution in [3.8, 4) is 34.1 Å². The molecule has 0 atom stereocenters. The van der Waals surface area contributed by atoms with Gasteiger partial charge in [-0.3, -0.25) is 4.79 Å². The first kappa shape index (κ1) is 20.9. The third-order valence-electron chi connectivity index (χ3n) is 5.74. The van der Waals surface area contributed by atoms with E-state index in [1.165, 1.54) is 6.26 Å². The zero-order valence-electron chi connectivity index (χ0n) is 18.6. The molecule has 5 rings (SSSR count). The summed E-state index contributed by atoms with van der Waals surface area (Å²) in [4.78, 5) is 13.3. The van der Waals surface area contributed by atoms with Crippen LogP contribution in [0.15, 0.2) is 70.1 Å². The summed E-state index contributed by atoms with van der Waals surface area (Å²) in [6.45, 7) is 3.45. The molecule has 0 radical (unpaired) electrons. The Hall–Kier alpha value is -3.93. The van der Waals surface area contributed by atoms with Crippen LogP contribution in [-0.4, -0.2) is 20.3 Å². The van der Waals surface area contributed by atoms with E-state index in [0.29, 0.717) is 53.6 Å². The minimum absolute atomic E-state index is 0.0932. The largest absolute Gasteiger partial charge is 0.497 e. The van der Waals surface area contributed by atoms with Crippen LogP contribution in [0.1, 0.15) is 18.1 Å². The Kier molecular flexibility index (Phi) is 5.65. The predicted octanol–water partition coefficient (Wildman–Crippen LogP) is 5.38. The molecule has 0 saturated heterocycles. The van der Waals surface area contributed by atoms with E-state index in [2.05, 4.69) is 0 Å². The molecule has 168 valence electrons. The molecule has 0 N–H and O–H groups in total. The number of hydrogen-bond acceptors (Lipinski definition) is 6. The summed E-state index contributed by atoms with van der Waals surface area (Å²) < 4.78 is 28.4. The van der Waals surface area contributed by atoms with Gasteiger partial charge in [0.05, 0.1) is 18.1 Å². The molecule has 1 aliphatic rings. The van der Waals surface area contributed by atoms with Crippen molar-refractivity contribution in [2.75, 3.05) is 20.3 Å². The van der Waals surface area contributed by atoms with Gasteiger partial charge in [-0.25, -0.2) is 0 Å². The van der Waals surface area contributed by atoms with Crippen LogP contribution < -0.4 is 24.4 Å². The molecule has 2 heterocycles. The molecular formula is C27H24O6. The van der Waals surface area contributed by atoms with Crippen LogP contribution in [0.2, 0.25) is 0 Å². The van der Waals surface area contributed by atoms with E-state index in [1.807, 2.05) is 55.5 Å². The highest BCUT2D eigenvalue weighted by molar-refractivity contribution is 5.84. The van der Waals surface area contributed by atoms with Crippen LogP contribution in [0.4, 0.5) is 0 Å². The number of methoxy groups -OCH3 is 1. The molecule has 33 heavy (non-hydrogen) atoms. The van der Waals surface area contributed by atoms with Crippen LogP contribution in [0, 0.1) is 0 Å². The zero-order chi connectivity index (χ0) is 22.8. The van der Waals surface area contributed by atoms with Gasteiger partial charge in [0.2, 0.25) is 5.43 Å². The first-order chi connectivity index (χ1) is 16.2. The average Bonchev–Trinajstić information content (AvgIpc) is 2.87. The number of fused-ring (bicyclic) bond motifs is 2. The fraction of sp³-hybridized carbons (Fsp3) is 0.222.